The summed E-state index contributed by atoms with van der Waals surface area (Å²) in [5.74, 6) is 0.854. The zero-order valence-corrected chi connectivity index (χ0v) is 14.3. The van der Waals surface area contributed by atoms with E-state index in [0.29, 0.717) is 0 Å². The summed E-state index contributed by atoms with van der Waals surface area (Å²) >= 11 is 1.56. The van der Waals surface area contributed by atoms with Crippen LogP contribution in [0.2, 0.25) is 0 Å². The van der Waals surface area contributed by atoms with Gasteiger partial charge in [-0.1, -0.05) is 6.92 Å². The molecule has 3 rings (SSSR count). The van der Waals surface area contributed by atoms with Gasteiger partial charge in [-0.05, 0) is 38.5 Å². The third kappa shape index (κ3) is 2.54. The summed E-state index contributed by atoms with van der Waals surface area (Å²) in [6.45, 7) is 8.07. The Balaban J connectivity index is 2.22. The maximum Gasteiger partial charge on any atom is 0.264 e. The van der Waals surface area contributed by atoms with Crippen molar-refractivity contribution in [3.05, 3.63) is 23.1 Å². The number of methoxy groups -OCH3 is 1. The number of amides is 1. The quantitative estimate of drug-likeness (QED) is 0.939. The van der Waals surface area contributed by atoms with Crippen molar-refractivity contribution < 1.29 is 9.53 Å². The van der Waals surface area contributed by atoms with Gasteiger partial charge in [-0.3, -0.25) is 4.79 Å². The van der Waals surface area contributed by atoms with Gasteiger partial charge >= 0.3 is 0 Å². The van der Waals surface area contributed by atoms with Gasteiger partial charge in [0.25, 0.3) is 5.91 Å². The van der Waals surface area contributed by atoms with Crippen LogP contribution < -0.4 is 15.0 Å². The molecule has 1 amide bonds. The van der Waals surface area contributed by atoms with Crippen molar-refractivity contribution >= 4 is 33.0 Å². The number of fused-ring (bicyclic) bond motifs is 3. The topological polar surface area (TPSA) is 41.6 Å². The molecule has 0 spiro atoms. The SMILES string of the molecule is CCCN1CC(C)(C)NC(=O)c2sc3ccc(OC)cc3c21. The standard InChI is InChI=1S/C17H22N2O2S/c1-5-8-19-10-17(2,3)18-16(20)15-14(19)12-9-11(21-4)6-7-13(12)22-15/h6-7,9H,5,8,10H2,1-4H3,(H,18,20). The average Bonchev–Trinajstić information content (AvgIpc) is 2.80. The molecule has 1 aromatic carbocycles. The fourth-order valence-corrected chi connectivity index (χ4v) is 4.18. The number of anilines is 1. The summed E-state index contributed by atoms with van der Waals surface area (Å²) in [7, 11) is 1.67. The molecule has 118 valence electrons. The maximum absolute atomic E-state index is 12.6. The largest absolute Gasteiger partial charge is 0.497 e. The molecule has 0 bridgehead atoms. The molecular formula is C17H22N2O2S. The van der Waals surface area contributed by atoms with Crippen molar-refractivity contribution in [2.45, 2.75) is 32.7 Å². The highest BCUT2D eigenvalue weighted by Gasteiger charge is 2.33. The predicted molar refractivity (Wildman–Crippen MR) is 92.4 cm³/mol. The molecule has 4 nitrogen and oxygen atoms in total. The number of carbonyl (C=O) groups is 1. The fourth-order valence-electron chi connectivity index (χ4n) is 3.08. The van der Waals surface area contributed by atoms with Crippen LogP contribution in [0.4, 0.5) is 5.69 Å². The number of carbonyl (C=O) groups excluding carboxylic acids is 1. The van der Waals surface area contributed by atoms with E-state index in [1.54, 1.807) is 18.4 Å². The van der Waals surface area contributed by atoms with Gasteiger partial charge in [-0.25, -0.2) is 0 Å². The van der Waals surface area contributed by atoms with Crippen molar-refractivity contribution in [2.24, 2.45) is 0 Å². The normalized spacial score (nSPS) is 17.1. The maximum atomic E-state index is 12.6. The van der Waals surface area contributed by atoms with Gasteiger partial charge in [0, 0.05) is 23.2 Å². The predicted octanol–water partition coefficient (Wildman–Crippen LogP) is 3.65. The molecule has 0 fully saturated rings. The molecule has 0 aliphatic carbocycles. The first-order chi connectivity index (χ1) is 10.4. The Morgan fingerprint density at radius 2 is 2.18 bits per heavy atom. The molecule has 2 aromatic rings. The number of hydrogen-bond donors (Lipinski definition) is 1. The average molecular weight is 318 g/mol. The van der Waals surface area contributed by atoms with Crippen LogP contribution >= 0.6 is 11.3 Å². The number of benzene rings is 1. The van der Waals surface area contributed by atoms with Crippen molar-refractivity contribution in [1.82, 2.24) is 5.32 Å². The van der Waals surface area contributed by atoms with Crippen molar-refractivity contribution in [3.63, 3.8) is 0 Å². The van der Waals surface area contributed by atoms with Crippen LogP contribution in [-0.2, 0) is 0 Å². The Morgan fingerprint density at radius 1 is 1.41 bits per heavy atom. The van der Waals surface area contributed by atoms with E-state index in [2.05, 4.69) is 31.0 Å². The Bertz CT molecular complexity index is 721. The van der Waals surface area contributed by atoms with Gasteiger partial charge < -0.3 is 15.0 Å². The van der Waals surface area contributed by atoms with E-state index in [4.69, 9.17) is 4.74 Å². The van der Waals surface area contributed by atoms with Crippen LogP contribution in [-0.4, -0.2) is 31.6 Å². The molecule has 1 aliphatic rings. The van der Waals surface area contributed by atoms with Crippen molar-refractivity contribution in [1.29, 1.82) is 0 Å². The summed E-state index contributed by atoms with van der Waals surface area (Å²) in [6.07, 6.45) is 1.05. The lowest BCUT2D eigenvalue weighted by Crippen LogP contribution is -2.49. The number of nitrogens with zero attached hydrogens (tertiary/aromatic N) is 1. The number of thiophene rings is 1. The minimum atomic E-state index is -0.240. The first-order valence-corrected chi connectivity index (χ1v) is 8.45. The van der Waals surface area contributed by atoms with Gasteiger partial charge in [0.2, 0.25) is 0 Å². The first-order valence-electron chi connectivity index (χ1n) is 7.63. The summed E-state index contributed by atoms with van der Waals surface area (Å²) in [4.78, 5) is 15.8. The minimum Gasteiger partial charge on any atom is -0.497 e. The third-order valence-corrected chi connectivity index (χ3v) is 5.08. The monoisotopic (exact) mass is 318 g/mol. The number of hydrogen-bond acceptors (Lipinski definition) is 4. The summed E-state index contributed by atoms with van der Waals surface area (Å²) in [6, 6.07) is 6.03. The van der Waals surface area contributed by atoms with E-state index in [1.165, 1.54) is 0 Å². The smallest absolute Gasteiger partial charge is 0.264 e. The van der Waals surface area contributed by atoms with Crippen LogP contribution in [0.1, 0.15) is 36.9 Å². The van der Waals surface area contributed by atoms with Crippen molar-refractivity contribution in [2.75, 3.05) is 25.1 Å². The highest BCUT2D eigenvalue weighted by molar-refractivity contribution is 7.21. The summed E-state index contributed by atoms with van der Waals surface area (Å²) in [5, 5.41) is 4.26. The van der Waals surface area contributed by atoms with Gasteiger partial charge in [0.15, 0.2) is 0 Å². The lowest BCUT2D eigenvalue weighted by Gasteiger charge is -2.31. The van der Waals surface area contributed by atoms with Crippen LogP contribution in [0, 0.1) is 0 Å². The lowest BCUT2D eigenvalue weighted by molar-refractivity contribution is 0.0925. The molecule has 0 unspecified atom stereocenters. The zero-order chi connectivity index (χ0) is 15.9. The Labute approximate surface area is 135 Å². The van der Waals surface area contributed by atoms with Crippen molar-refractivity contribution in [3.8, 4) is 5.75 Å². The van der Waals surface area contributed by atoms with E-state index in [9.17, 15) is 4.79 Å². The van der Waals surface area contributed by atoms with E-state index >= 15 is 0 Å². The molecule has 5 heteroatoms. The third-order valence-electron chi connectivity index (χ3n) is 3.92. The Kier molecular flexibility index (Phi) is 3.77. The molecule has 1 aliphatic heterocycles. The molecule has 0 atom stereocenters. The minimum absolute atomic E-state index is 0.0266. The van der Waals surface area contributed by atoms with Crippen LogP contribution in [0.3, 0.4) is 0 Å². The molecular weight excluding hydrogens is 296 g/mol. The number of rotatable bonds is 3. The summed E-state index contributed by atoms with van der Waals surface area (Å²) in [5.41, 5.74) is 0.819. The van der Waals surface area contributed by atoms with E-state index in [1.807, 2.05) is 18.2 Å². The Hall–Kier alpha value is -1.75. The number of ether oxygens (including phenoxy) is 1. The molecule has 1 aromatic heterocycles. The van der Waals surface area contributed by atoms with Crippen LogP contribution in [0.5, 0.6) is 5.75 Å². The highest BCUT2D eigenvalue weighted by atomic mass is 32.1. The van der Waals surface area contributed by atoms with Crippen LogP contribution in [0.25, 0.3) is 10.1 Å². The molecule has 1 N–H and O–H groups in total. The van der Waals surface area contributed by atoms with Gasteiger partial charge in [-0.15, -0.1) is 11.3 Å². The van der Waals surface area contributed by atoms with E-state index in [-0.39, 0.29) is 11.4 Å². The Morgan fingerprint density at radius 3 is 2.86 bits per heavy atom. The van der Waals surface area contributed by atoms with Crippen LogP contribution in [0.15, 0.2) is 18.2 Å². The molecule has 0 saturated carbocycles. The zero-order valence-electron chi connectivity index (χ0n) is 13.5. The molecule has 0 radical (unpaired) electrons. The fraction of sp³-hybridized carbons (Fsp3) is 0.471. The lowest BCUT2D eigenvalue weighted by atomic mass is 10.1. The first kappa shape index (κ1) is 15.2. The highest BCUT2D eigenvalue weighted by Crippen LogP contribution is 2.42. The molecule has 22 heavy (non-hydrogen) atoms. The second-order valence-corrected chi connectivity index (χ2v) is 7.45. The molecule has 0 saturated heterocycles. The van der Waals surface area contributed by atoms with E-state index < -0.39 is 0 Å². The second-order valence-electron chi connectivity index (χ2n) is 6.40. The van der Waals surface area contributed by atoms with Gasteiger partial charge in [0.1, 0.15) is 10.6 Å². The van der Waals surface area contributed by atoms with Gasteiger partial charge in [-0.2, -0.15) is 0 Å². The van der Waals surface area contributed by atoms with Gasteiger partial charge in [0.05, 0.1) is 18.3 Å². The summed E-state index contributed by atoms with van der Waals surface area (Å²) < 4.78 is 6.49. The molecule has 2 heterocycles. The number of nitrogens with one attached hydrogen (secondary N) is 1. The van der Waals surface area contributed by atoms with E-state index in [0.717, 1.165) is 45.9 Å². The second kappa shape index (κ2) is 5.47.